The van der Waals surface area contributed by atoms with Crippen LogP contribution in [0.15, 0.2) is 29.1 Å². The lowest BCUT2D eigenvalue weighted by molar-refractivity contribution is 0.0942. The van der Waals surface area contributed by atoms with Crippen LogP contribution in [0.2, 0.25) is 0 Å². The third-order valence-corrected chi connectivity index (χ3v) is 3.24. The van der Waals surface area contributed by atoms with Crippen LogP contribution in [0.25, 0.3) is 10.9 Å². The van der Waals surface area contributed by atoms with E-state index in [1.807, 2.05) is 20.0 Å². The van der Waals surface area contributed by atoms with Crippen LogP contribution in [0, 0.1) is 0 Å². The molecule has 6 nitrogen and oxygen atoms in total. The van der Waals surface area contributed by atoms with E-state index in [1.165, 1.54) is 0 Å². The summed E-state index contributed by atoms with van der Waals surface area (Å²) in [5, 5.41) is 10.3. The van der Waals surface area contributed by atoms with E-state index in [0.29, 0.717) is 17.4 Å². The Morgan fingerprint density at radius 3 is 2.80 bits per heavy atom. The molecular weight excluding hydrogens is 256 g/mol. The molecule has 1 amide bonds. The summed E-state index contributed by atoms with van der Waals surface area (Å²) in [6.45, 7) is 2.37. The maximum Gasteiger partial charge on any atom is 0.275 e. The van der Waals surface area contributed by atoms with Crippen LogP contribution in [0.3, 0.4) is 0 Å². The van der Waals surface area contributed by atoms with Crippen LogP contribution >= 0.6 is 0 Å². The Bertz CT molecular complexity index is 693. The van der Waals surface area contributed by atoms with Crippen molar-refractivity contribution >= 4 is 16.8 Å². The molecule has 0 spiro atoms. The van der Waals surface area contributed by atoms with Gasteiger partial charge in [0.25, 0.3) is 5.91 Å². The number of hydrogen-bond acceptors (Lipinski definition) is 4. The molecule has 1 heterocycles. The Morgan fingerprint density at radius 2 is 2.10 bits per heavy atom. The van der Waals surface area contributed by atoms with Gasteiger partial charge in [-0.05, 0) is 26.1 Å². The molecule has 1 unspecified atom stereocenters. The maximum atomic E-state index is 12.3. The van der Waals surface area contributed by atoms with Crippen LogP contribution in [-0.2, 0) is 7.05 Å². The molecule has 0 aliphatic heterocycles. The van der Waals surface area contributed by atoms with Crippen molar-refractivity contribution in [1.82, 2.24) is 20.4 Å². The van der Waals surface area contributed by atoms with E-state index in [9.17, 15) is 9.59 Å². The lowest BCUT2D eigenvalue weighted by atomic mass is 10.2. The standard InChI is InChI=1S/C14H18N4O2/c1-9(15-2)8-16-14(20)12-13(19)10-6-4-5-7-11(10)18(3)17-12/h4-7,9,15H,8H2,1-3H3,(H,16,20). The molecule has 1 atom stereocenters. The monoisotopic (exact) mass is 274 g/mol. The second-order valence-electron chi connectivity index (χ2n) is 4.72. The highest BCUT2D eigenvalue weighted by molar-refractivity contribution is 5.95. The van der Waals surface area contributed by atoms with Crippen LogP contribution in [0.5, 0.6) is 0 Å². The topological polar surface area (TPSA) is 76.0 Å². The van der Waals surface area contributed by atoms with Crippen LogP contribution in [0.1, 0.15) is 17.4 Å². The molecule has 0 saturated heterocycles. The van der Waals surface area contributed by atoms with Crippen molar-refractivity contribution in [2.45, 2.75) is 13.0 Å². The van der Waals surface area contributed by atoms with Gasteiger partial charge in [0.1, 0.15) is 0 Å². The van der Waals surface area contributed by atoms with Crippen molar-refractivity contribution in [3.05, 3.63) is 40.2 Å². The summed E-state index contributed by atoms with van der Waals surface area (Å²) < 4.78 is 1.55. The van der Waals surface area contributed by atoms with Gasteiger partial charge in [0.05, 0.1) is 5.52 Å². The van der Waals surface area contributed by atoms with E-state index in [0.717, 1.165) is 0 Å². The Labute approximate surface area is 116 Å². The first-order chi connectivity index (χ1) is 9.54. The number of carbonyl (C=O) groups is 1. The third kappa shape index (κ3) is 2.70. The smallest absolute Gasteiger partial charge is 0.275 e. The molecular formula is C14H18N4O2. The van der Waals surface area contributed by atoms with Crippen molar-refractivity contribution < 1.29 is 4.79 Å². The fourth-order valence-electron chi connectivity index (χ4n) is 1.90. The molecule has 0 saturated carbocycles. The highest BCUT2D eigenvalue weighted by Crippen LogP contribution is 2.07. The molecule has 0 bridgehead atoms. The summed E-state index contributed by atoms with van der Waals surface area (Å²) in [5.74, 6) is -0.446. The van der Waals surface area contributed by atoms with Gasteiger partial charge in [0, 0.05) is 25.0 Å². The molecule has 1 aromatic heterocycles. The number of likely N-dealkylation sites (N-methyl/N-ethyl adjacent to an activating group) is 1. The zero-order valence-corrected chi connectivity index (χ0v) is 11.8. The number of fused-ring (bicyclic) bond motifs is 1. The number of aryl methyl sites for hydroxylation is 1. The van der Waals surface area contributed by atoms with Gasteiger partial charge in [-0.15, -0.1) is 0 Å². The molecule has 0 fully saturated rings. The number of nitrogens with one attached hydrogen (secondary N) is 2. The third-order valence-electron chi connectivity index (χ3n) is 3.24. The second-order valence-corrected chi connectivity index (χ2v) is 4.72. The lowest BCUT2D eigenvalue weighted by Gasteiger charge is -2.12. The number of benzene rings is 1. The minimum atomic E-state index is -0.446. The molecule has 106 valence electrons. The molecule has 2 N–H and O–H groups in total. The molecule has 0 aliphatic rings. The van der Waals surface area contributed by atoms with Crippen LogP contribution < -0.4 is 16.1 Å². The fraction of sp³-hybridized carbons (Fsp3) is 0.357. The zero-order chi connectivity index (χ0) is 14.7. The number of rotatable bonds is 4. The van der Waals surface area contributed by atoms with Crippen molar-refractivity contribution in [2.24, 2.45) is 7.05 Å². The normalized spacial score (nSPS) is 12.3. The van der Waals surface area contributed by atoms with Gasteiger partial charge in [-0.2, -0.15) is 5.10 Å². The first kappa shape index (κ1) is 14.2. The van der Waals surface area contributed by atoms with Crippen LogP contribution in [-0.4, -0.2) is 35.3 Å². The zero-order valence-electron chi connectivity index (χ0n) is 11.8. The predicted octanol–water partition coefficient (Wildman–Crippen LogP) is 0.271. The molecule has 2 rings (SSSR count). The van der Waals surface area contributed by atoms with Crippen molar-refractivity contribution in [1.29, 1.82) is 0 Å². The number of hydrogen-bond donors (Lipinski definition) is 2. The first-order valence-electron chi connectivity index (χ1n) is 6.46. The van der Waals surface area contributed by atoms with Gasteiger partial charge in [-0.3, -0.25) is 14.3 Å². The van der Waals surface area contributed by atoms with Gasteiger partial charge in [0.15, 0.2) is 5.69 Å². The molecule has 20 heavy (non-hydrogen) atoms. The first-order valence-corrected chi connectivity index (χ1v) is 6.46. The average molecular weight is 274 g/mol. The van der Waals surface area contributed by atoms with E-state index in [4.69, 9.17) is 0 Å². The minimum Gasteiger partial charge on any atom is -0.349 e. The quantitative estimate of drug-likeness (QED) is 0.839. The summed E-state index contributed by atoms with van der Waals surface area (Å²) in [7, 11) is 3.53. The SMILES string of the molecule is CNC(C)CNC(=O)c1nn(C)c2ccccc2c1=O. The second kappa shape index (κ2) is 5.83. The summed E-state index contributed by atoms with van der Waals surface area (Å²) in [6, 6.07) is 7.23. The Balaban J connectivity index is 2.38. The molecule has 0 aliphatic carbocycles. The van der Waals surface area contributed by atoms with Gasteiger partial charge < -0.3 is 10.6 Å². The highest BCUT2D eigenvalue weighted by atomic mass is 16.2. The van der Waals surface area contributed by atoms with E-state index >= 15 is 0 Å². The van der Waals surface area contributed by atoms with Gasteiger partial charge in [-0.1, -0.05) is 12.1 Å². The molecule has 2 aromatic rings. The molecule has 0 radical (unpaired) electrons. The minimum absolute atomic E-state index is 0.0745. The number of para-hydroxylation sites is 1. The van der Waals surface area contributed by atoms with E-state index in [2.05, 4.69) is 15.7 Å². The largest absolute Gasteiger partial charge is 0.349 e. The number of carbonyl (C=O) groups excluding carboxylic acids is 1. The predicted molar refractivity (Wildman–Crippen MR) is 77.8 cm³/mol. The summed E-state index contributed by atoms with van der Waals surface area (Å²) >= 11 is 0. The summed E-state index contributed by atoms with van der Waals surface area (Å²) in [4.78, 5) is 24.4. The van der Waals surface area contributed by atoms with Crippen molar-refractivity contribution in [3.8, 4) is 0 Å². The van der Waals surface area contributed by atoms with Gasteiger partial charge in [0.2, 0.25) is 5.43 Å². The van der Waals surface area contributed by atoms with Crippen molar-refractivity contribution in [3.63, 3.8) is 0 Å². The molecule has 1 aromatic carbocycles. The summed E-state index contributed by atoms with van der Waals surface area (Å²) in [6.07, 6.45) is 0. The fourth-order valence-corrected chi connectivity index (χ4v) is 1.90. The lowest BCUT2D eigenvalue weighted by Crippen LogP contribution is -2.39. The van der Waals surface area contributed by atoms with Gasteiger partial charge in [-0.25, -0.2) is 0 Å². The Morgan fingerprint density at radius 1 is 1.40 bits per heavy atom. The maximum absolute atomic E-state index is 12.3. The highest BCUT2D eigenvalue weighted by Gasteiger charge is 2.16. The van der Waals surface area contributed by atoms with Crippen LogP contribution in [0.4, 0.5) is 0 Å². The van der Waals surface area contributed by atoms with Crippen molar-refractivity contribution in [2.75, 3.05) is 13.6 Å². The summed E-state index contributed by atoms with van der Waals surface area (Å²) in [5.41, 5.74) is 0.292. The number of amides is 1. The Hall–Kier alpha value is -2.21. The Kier molecular flexibility index (Phi) is 4.14. The van der Waals surface area contributed by atoms with E-state index < -0.39 is 5.91 Å². The molecule has 6 heteroatoms. The van der Waals surface area contributed by atoms with Gasteiger partial charge >= 0.3 is 0 Å². The van der Waals surface area contributed by atoms with E-state index in [1.54, 1.807) is 29.9 Å². The van der Waals surface area contributed by atoms with E-state index in [-0.39, 0.29) is 17.2 Å². The average Bonchev–Trinajstić information content (AvgIpc) is 2.48. The number of aromatic nitrogens is 2. The number of nitrogens with zero attached hydrogens (tertiary/aromatic N) is 2.